The van der Waals surface area contributed by atoms with Gasteiger partial charge in [0.1, 0.15) is 17.2 Å². The van der Waals surface area contributed by atoms with Gasteiger partial charge < -0.3 is 19.6 Å². The molecule has 3 aromatic rings. The van der Waals surface area contributed by atoms with Gasteiger partial charge in [-0.25, -0.2) is 4.98 Å². The molecule has 4 rings (SSSR count). The number of pyridine rings is 2. The van der Waals surface area contributed by atoms with E-state index in [4.69, 9.17) is 4.42 Å². The van der Waals surface area contributed by atoms with E-state index < -0.39 is 0 Å². The van der Waals surface area contributed by atoms with Gasteiger partial charge in [0.2, 0.25) is 11.8 Å². The Kier molecular flexibility index (Phi) is 5.37. The summed E-state index contributed by atoms with van der Waals surface area (Å²) >= 11 is 0. The van der Waals surface area contributed by atoms with Gasteiger partial charge in [0.15, 0.2) is 0 Å². The van der Waals surface area contributed by atoms with E-state index in [0.717, 1.165) is 17.7 Å². The van der Waals surface area contributed by atoms with Gasteiger partial charge in [-0.05, 0) is 23.8 Å². The summed E-state index contributed by atoms with van der Waals surface area (Å²) < 4.78 is 7.63. The highest BCUT2D eigenvalue weighted by atomic mass is 16.3. The van der Waals surface area contributed by atoms with Gasteiger partial charge in [-0.15, -0.1) is 0 Å². The number of rotatable bonds is 4. The van der Waals surface area contributed by atoms with Crippen LogP contribution in [0, 0.1) is 0 Å². The van der Waals surface area contributed by atoms with Crippen molar-refractivity contribution in [3.63, 3.8) is 0 Å². The second kappa shape index (κ2) is 8.11. The molecule has 30 heavy (non-hydrogen) atoms. The van der Waals surface area contributed by atoms with Gasteiger partial charge in [0, 0.05) is 58.0 Å². The highest BCUT2D eigenvalue weighted by Gasteiger charge is 2.19. The third-order valence-corrected chi connectivity index (χ3v) is 5.06. The first-order chi connectivity index (χ1) is 14.4. The summed E-state index contributed by atoms with van der Waals surface area (Å²) in [7, 11) is 1.69. The first-order valence-electron chi connectivity index (χ1n) is 9.76. The molecule has 9 nitrogen and oxygen atoms in total. The molecule has 2 N–H and O–H groups in total. The van der Waals surface area contributed by atoms with Crippen LogP contribution < -0.4 is 16.2 Å². The number of aromatic nitrogens is 2. The molecule has 0 unspecified atom stereocenters. The second-order valence-corrected chi connectivity index (χ2v) is 7.40. The molecular weight excluding hydrogens is 386 g/mol. The smallest absolute Gasteiger partial charge is 0.261 e. The molecular formula is C21H23N5O4. The van der Waals surface area contributed by atoms with Crippen molar-refractivity contribution in [3.05, 3.63) is 46.7 Å². The summed E-state index contributed by atoms with van der Waals surface area (Å²) in [5, 5.41) is 6.01. The number of aryl methyl sites for hydroxylation is 1. The number of hydrogen-bond acceptors (Lipinski definition) is 6. The quantitative estimate of drug-likeness (QED) is 0.675. The highest BCUT2D eigenvalue weighted by molar-refractivity contribution is 5.93. The Balaban J connectivity index is 1.73. The molecule has 0 aromatic carbocycles. The number of carbonyl (C=O) groups is 2. The van der Waals surface area contributed by atoms with Crippen molar-refractivity contribution in [1.29, 1.82) is 0 Å². The zero-order chi connectivity index (χ0) is 21.3. The van der Waals surface area contributed by atoms with Crippen LogP contribution in [0.2, 0.25) is 0 Å². The largest absolute Gasteiger partial charge is 0.459 e. The second-order valence-electron chi connectivity index (χ2n) is 7.40. The van der Waals surface area contributed by atoms with E-state index in [0.29, 0.717) is 48.6 Å². The monoisotopic (exact) mass is 409 g/mol. The Morgan fingerprint density at radius 3 is 2.93 bits per heavy atom. The summed E-state index contributed by atoms with van der Waals surface area (Å²) in [5.74, 6) is 0.928. The fourth-order valence-electron chi connectivity index (χ4n) is 3.62. The highest BCUT2D eigenvalue weighted by Crippen LogP contribution is 2.30. The lowest BCUT2D eigenvalue weighted by Crippen LogP contribution is -2.28. The average molecular weight is 409 g/mol. The molecule has 0 radical (unpaired) electrons. The Morgan fingerprint density at radius 2 is 2.13 bits per heavy atom. The molecule has 0 spiro atoms. The molecule has 2 amide bonds. The zero-order valence-electron chi connectivity index (χ0n) is 16.9. The van der Waals surface area contributed by atoms with Crippen LogP contribution in [0.1, 0.15) is 19.1 Å². The van der Waals surface area contributed by atoms with Crippen LogP contribution in [0.15, 0.2) is 39.8 Å². The normalized spacial score (nSPS) is 15.1. The number of hydrogen-bond donors (Lipinski definition) is 2. The minimum Gasteiger partial charge on any atom is -0.459 e. The van der Waals surface area contributed by atoms with E-state index in [2.05, 4.69) is 20.5 Å². The maximum atomic E-state index is 12.7. The average Bonchev–Trinajstić information content (AvgIpc) is 3.01. The maximum Gasteiger partial charge on any atom is 0.261 e. The van der Waals surface area contributed by atoms with Crippen LogP contribution in [-0.4, -0.2) is 45.9 Å². The summed E-state index contributed by atoms with van der Waals surface area (Å²) in [6.45, 7) is 3.88. The molecule has 156 valence electrons. The van der Waals surface area contributed by atoms with Crippen molar-refractivity contribution in [2.75, 3.05) is 25.0 Å². The van der Waals surface area contributed by atoms with Crippen LogP contribution >= 0.6 is 0 Å². The molecule has 1 saturated heterocycles. The van der Waals surface area contributed by atoms with Gasteiger partial charge in [-0.1, -0.05) is 0 Å². The zero-order valence-corrected chi connectivity index (χ0v) is 16.9. The summed E-state index contributed by atoms with van der Waals surface area (Å²) in [5.41, 5.74) is 1.87. The van der Waals surface area contributed by atoms with Crippen molar-refractivity contribution in [1.82, 2.24) is 19.8 Å². The number of amides is 2. The first kappa shape index (κ1) is 19.8. The maximum absolute atomic E-state index is 12.7. The number of nitrogens with zero attached hydrogens (tertiary/aromatic N) is 3. The van der Waals surface area contributed by atoms with Gasteiger partial charge in [-0.2, -0.15) is 0 Å². The Bertz CT molecular complexity index is 1180. The molecule has 0 atom stereocenters. The number of furan rings is 1. The van der Waals surface area contributed by atoms with Crippen LogP contribution in [0.4, 0.5) is 5.82 Å². The summed E-state index contributed by atoms with van der Waals surface area (Å²) in [4.78, 5) is 41.9. The van der Waals surface area contributed by atoms with E-state index in [-0.39, 0.29) is 17.4 Å². The predicted molar refractivity (Wildman–Crippen MR) is 112 cm³/mol. The van der Waals surface area contributed by atoms with E-state index in [9.17, 15) is 14.4 Å². The lowest BCUT2D eigenvalue weighted by Gasteiger charge is -2.16. The Hall–Kier alpha value is -3.46. The van der Waals surface area contributed by atoms with Crippen LogP contribution in [-0.2, 0) is 23.2 Å². The molecule has 3 aromatic heterocycles. The molecule has 9 heteroatoms. The number of nitrogens with one attached hydrogen (secondary N) is 2. The molecule has 1 aliphatic rings. The third-order valence-electron chi connectivity index (χ3n) is 5.06. The summed E-state index contributed by atoms with van der Waals surface area (Å²) in [6, 6.07) is 5.32. The first-order valence-corrected chi connectivity index (χ1v) is 9.76. The number of anilines is 1. The predicted octanol–water partition coefficient (Wildman–Crippen LogP) is 1.47. The third kappa shape index (κ3) is 4.11. The van der Waals surface area contributed by atoms with Crippen molar-refractivity contribution in [2.24, 2.45) is 7.05 Å². The van der Waals surface area contributed by atoms with Crippen molar-refractivity contribution >= 4 is 28.6 Å². The molecule has 4 heterocycles. The van der Waals surface area contributed by atoms with Crippen molar-refractivity contribution in [2.45, 2.75) is 19.9 Å². The van der Waals surface area contributed by atoms with E-state index in [1.165, 1.54) is 11.5 Å². The van der Waals surface area contributed by atoms with Crippen LogP contribution in [0.25, 0.3) is 22.1 Å². The SMILES string of the molecule is CC(=O)Nc1cc(-c2cn(C)c(=O)c3cc(CN4CCNC(=O)CC4)oc23)ccn1. The van der Waals surface area contributed by atoms with Crippen molar-refractivity contribution < 1.29 is 14.0 Å². The van der Waals surface area contributed by atoms with Gasteiger partial charge in [0.25, 0.3) is 5.56 Å². The molecule has 0 bridgehead atoms. The Morgan fingerprint density at radius 1 is 1.30 bits per heavy atom. The fraction of sp³-hybridized carbons (Fsp3) is 0.333. The van der Waals surface area contributed by atoms with Gasteiger partial charge in [0.05, 0.1) is 11.9 Å². The van der Waals surface area contributed by atoms with Gasteiger partial charge in [-0.3, -0.25) is 19.3 Å². The van der Waals surface area contributed by atoms with Gasteiger partial charge >= 0.3 is 0 Å². The van der Waals surface area contributed by atoms with E-state index >= 15 is 0 Å². The minimum absolute atomic E-state index is 0.0472. The molecule has 1 aliphatic heterocycles. The lowest BCUT2D eigenvalue weighted by atomic mass is 10.1. The Labute approximate surface area is 172 Å². The fourth-order valence-corrected chi connectivity index (χ4v) is 3.62. The number of fused-ring (bicyclic) bond motifs is 1. The lowest BCUT2D eigenvalue weighted by molar-refractivity contribution is -0.120. The van der Waals surface area contributed by atoms with Crippen LogP contribution in [0.5, 0.6) is 0 Å². The topological polar surface area (TPSA) is 109 Å². The van der Waals surface area contributed by atoms with E-state index in [1.54, 1.807) is 37.6 Å². The molecule has 0 saturated carbocycles. The molecule has 1 fully saturated rings. The van der Waals surface area contributed by atoms with Crippen LogP contribution in [0.3, 0.4) is 0 Å². The summed E-state index contributed by atoms with van der Waals surface area (Å²) in [6.07, 6.45) is 3.76. The van der Waals surface area contributed by atoms with Crippen molar-refractivity contribution in [3.8, 4) is 11.1 Å². The number of carbonyl (C=O) groups excluding carboxylic acids is 2. The molecule has 0 aliphatic carbocycles. The van der Waals surface area contributed by atoms with E-state index in [1.807, 2.05) is 0 Å². The minimum atomic E-state index is -0.212. The standard InChI is InChI=1S/C21H23N5O4/c1-13(27)24-18-9-14(3-5-22-18)17-12-25(2)21(29)16-10-15(30-20(16)17)11-26-7-4-19(28)23-6-8-26/h3,5,9-10,12H,4,6-8,11H2,1-2H3,(H,23,28)(H,22,24,27).